The highest BCUT2D eigenvalue weighted by Gasteiger charge is 2.49. The molecule has 1 N–H and O–H groups in total. The van der Waals surface area contributed by atoms with Crippen LogP contribution in [0.25, 0.3) is 0 Å². The van der Waals surface area contributed by atoms with Crippen molar-refractivity contribution in [1.82, 2.24) is 4.90 Å². The number of hydrogen-bond acceptors (Lipinski definition) is 7. The maximum atomic E-state index is 12.9. The fourth-order valence-corrected chi connectivity index (χ4v) is 3.50. The summed E-state index contributed by atoms with van der Waals surface area (Å²) in [6, 6.07) is 3.64. The highest BCUT2D eigenvalue weighted by molar-refractivity contribution is 5.83. The van der Waals surface area contributed by atoms with Crippen LogP contribution in [0.1, 0.15) is 24.5 Å². The number of carbonyl (C=O) groups is 1. The molecule has 0 aliphatic heterocycles. The van der Waals surface area contributed by atoms with Gasteiger partial charge >= 0.3 is 5.97 Å². The van der Waals surface area contributed by atoms with Crippen molar-refractivity contribution in [1.29, 1.82) is 0 Å². The Morgan fingerprint density at radius 1 is 1.00 bits per heavy atom. The second-order valence-corrected chi connectivity index (χ2v) is 6.63. The third-order valence-electron chi connectivity index (χ3n) is 4.90. The van der Waals surface area contributed by atoms with E-state index in [1.165, 1.54) is 14.2 Å². The zero-order valence-corrected chi connectivity index (χ0v) is 18.4. The predicted octanol–water partition coefficient (Wildman–Crippen LogP) is 2.31. The molecular weight excluding hydrogens is 378 g/mol. The van der Waals surface area contributed by atoms with E-state index in [1.54, 1.807) is 14.2 Å². The highest BCUT2D eigenvalue weighted by Crippen LogP contribution is 2.44. The lowest BCUT2D eigenvalue weighted by Gasteiger charge is -2.42. The van der Waals surface area contributed by atoms with Crippen molar-refractivity contribution >= 4 is 5.97 Å². The van der Waals surface area contributed by atoms with Gasteiger partial charge in [-0.3, -0.25) is 4.90 Å². The minimum Gasteiger partial charge on any atom is -0.496 e. The molecule has 0 amide bonds. The number of rotatable bonds is 15. The average molecular weight is 414 g/mol. The first kappa shape index (κ1) is 25.2. The number of carboxylic acids is 1. The molecule has 1 rings (SSSR count). The van der Waals surface area contributed by atoms with Crippen LogP contribution >= 0.6 is 0 Å². The van der Waals surface area contributed by atoms with E-state index in [0.717, 1.165) is 5.56 Å². The molecule has 1 aromatic rings. The molecule has 0 bridgehead atoms. The van der Waals surface area contributed by atoms with Crippen LogP contribution in [-0.4, -0.2) is 83.9 Å². The lowest BCUT2D eigenvalue weighted by molar-refractivity contribution is -0.156. The smallest absolute Gasteiger partial charge is 0.329 e. The van der Waals surface area contributed by atoms with E-state index in [2.05, 4.69) is 0 Å². The third kappa shape index (κ3) is 6.05. The van der Waals surface area contributed by atoms with Gasteiger partial charge < -0.3 is 28.8 Å². The van der Waals surface area contributed by atoms with Crippen molar-refractivity contribution in [2.45, 2.75) is 25.8 Å². The fraction of sp³-hybridized carbons (Fsp3) is 0.667. The summed E-state index contributed by atoms with van der Waals surface area (Å²) in [5, 5.41) is 10.6. The van der Waals surface area contributed by atoms with Gasteiger partial charge in [0, 0.05) is 46.9 Å². The van der Waals surface area contributed by atoms with Gasteiger partial charge in [-0.1, -0.05) is 0 Å². The summed E-state index contributed by atoms with van der Waals surface area (Å²) in [7, 11) is 6.23. The van der Waals surface area contributed by atoms with Crippen molar-refractivity contribution in [3.63, 3.8) is 0 Å². The maximum absolute atomic E-state index is 12.9. The molecule has 166 valence electrons. The number of ether oxygens (including phenoxy) is 5. The van der Waals surface area contributed by atoms with Gasteiger partial charge in [-0.2, -0.15) is 0 Å². The molecule has 1 aromatic carbocycles. The standard InChI is InChI=1S/C21H35NO7/c1-7-29-11-8-21(20(23)24,22(9-12-25-3)10-13-26-4)19-17(27-5)14-16(2)15-18(19)28-6/h14-15H,7-13H2,1-6H3,(H,23,24). The van der Waals surface area contributed by atoms with Gasteiger partial charge in [0.25, 0.3) is 0 Å². The van der Waals surface area contributed by atoms with Crippen molar-refractivity contribution in [3.8, 4) is 11.5 Å². The van der Waals surface area contributed by atoms with Crippen LogP contribution in [0.3, 0.4) is 0 Å². The zero-order valence-electron chi connectivity index (χ0n) is 18.4. The fourth-order valence-electron chi connectivity index (χ4n) is 3.50. The molecule has 0 aromatic heterocycles. The Kier molecular flexibility index (Phi) is 11.0. The third-order valence-corrected chi connectivity index (χ3v) is 4.90. The number of benzene rings is 1. The molecule has 1 atom stereocenters. The first-order valence-electron chi connectivity index (χ1n) is 9.70. The number of methoxy groups -OCH3 is 4. The normalized spacial score (nSPS) is 13.3. The molecule has 0 spiro atoms. The van der Waals surface area contributed by atoms with Gasteiger partial charge in [-0.05, 0) is 31.5 Å². The van der Waals surface area contributed by atoms with E-state index in [1.807, 2.05) is 30.9 Å². The largest absolute Gasteiger partial charge is 0.496 e. The Bertz CT molecular complexity index is 604. The predicted molar refractivity (Wildman–Crippen MR) is 110 cm³/mol. The lowest BCUT2D eigenvalue weighted by Crippen LogP contribution is -2.55. The molecule has 0 heterocycles. The second-order valence-electron chi connectivity index (χ2n) is 6.63. The number of aliphatic carboxylic acids is 1. The summed E-state index contributed by atoms with van der Waals surface area (Å²) in [5.41, 5.74) is -0.0734. The van der Waals surface area contributed by atoms with Gasteiger partial charge in [-0.15, -0.1) is 0 Å². The molecule has 1 unspecified atom stereocenters. The Labute approximate surface area is 173 Å². The van der Waals surface area contributed by atoms with E-state index in [0.29, 0.717) is 50.0 Å². The van der Waals surface area contributed by atoms with Crippen molar-refractivity contribution in [2.75, 3.05) is 68.0 Å². The van der Waals surface area contributed by atoms with Crippen molar-refractivity contribution in [3.05, 3.63) is 23.3 Å². The van der Waals surface area contributed by atoms with E-state index in [4.69, 9.17) is 23.7 Å². The van der Waals surface area contributed by atoms with E-state index < -0.39 is 11.5 Å². The summed E-state index contributed by atoms with van der Waals surface area (Å²) in [5.74, 6) is -0.0916. The Balaban J connectivity index is 3.74. The van der Waals surface area contributed by atoms with E-state index in [-0.39, 0.29) is 13.0 Å². The van der Waals surface area contributed by atoms with Crippen molar-refractivity contribution < 1.29 is 33.6 Å². The number of hydrogen-bond donors (Lipinski definition) is 1. The van der Waals surface area contributed by atoms with Crippen LogP contribution in [-0.2, 0) is 24.5 Å². The Morgan fingerprint density at radius 3 is 1.90 bits per heavy atom. The summed E-state index contributed by atoms with van der Waals surface area (Å²) >= 11 is 0. The molecule has 0 saturated carbocycles. The maximum Gasteiger partial charge on any atom is 0.329 e. The van der Waals surface area contributed by atoms with Crippen LogP contribution in [0.2, 0.25) is 0 Å². The van der Waals surface area contributed by atoms with E-state index in [9.17, 15) is 9.90 Å². The number of aryl methyl sites for hydroxylation is 1. The van der Waals surface area contributed by atoms with Gasteiger partial charge in [0.05, 0.1) is 33.0 Å². The molecule has 0 fully saturated rings. The zero-order chi connectivity index (χ0) is 21.9. The molecule has 8 heteroatoms. The van der Waals surface area contributed by atoms with Crippen LogP contribution in [0, 0.1) is 6.92 Å². The van der Waals surface area contributed by atoms with Gasteiger partial charge in [0.2, 0.25) is 0 Å². The van der Waals surface area contributed by atoms with Gasteiger partial charge in [0.1, 0.15) is 11.5 Å². The lowest BCUT2D eigenvalue weighted by atomic mass is 9.82. The molecule has 0 aliphatic carbocycles. The second kappa shape index (κ2) is 12.6. The first-order valence-corrected chi connectivity index (χ1v) is 9.70. The summed E-state index contributed by atoms with van der Waals surface area (Å²) < 4.78 is 27.3. The SMILES string of the molecule is CCOCCC(C(=O)O)(c1c(OC)cc(C)cc1OC)N(CCOC)CCOC. The molecule has 29 heavy (non-hydrogen) atoms. The van der Waals surface area contributed by atoms with Crippen molar-refractivity contribution in [2.24, 2.45) is 0 Å². The minimum atomic E-state index is -1.45. The minimum absolute atomic E-state index is 0.208. The van der Waals surface area contributed by atoms with Gasteiger partial charge in [-0.25, -0.2) is 4.79 Å². The Hall–Kier alpha value is -1.87. The topological polar surface area (TPSA) is 86.7 Å². The molecular formula is C21H35NO7. The average Bonchev–Trinajstić information content (AvgIpc) is 2.71. The molecule has 0 radical (unpaired) electrons. The number of carboxylic acid groups (broad SMARTS) is 1. The molecule has 0 aliphatic rings. The molecule has 0 saturated heterocycles. The van der Waals surface area contributed by atoms with Crippen LogP contribution in [0.15, 0.2) is 12.1 Å². The summed E-state index contributed by atoms with van der Waals surface area (Å²) in [6.07, 6.45) is 0.208. The number of nitrogens with zero attached hydrogens (tertiary/aromatic N) is 1. The van der Waals surface area contributed by atoms with Crippen LogP contribution in [0.4, 0.5) is 0 Å². The summed E-state index contributed by atoms with van der Waals surface area (Å²) in [6.45, 7) is 6.05. The summed E-state index contributed by atoms with van der Waals surface area (Å²) in [4.78, 5) is 14.8. The molecule has 8 nitrogen and oxygen atoms in total. The van der Waals surface area contributed by atoms with Crippen LogP contribution in [0.5, 0.6) is 11.5 Å². The monoisotopic (exact) mass is 413 g/mol. The quantitative estimate of drug-likeness (QED) is 0.439. The van der Waals surface area contributed by atoms with E-state index >= 15 is 0 Å². The first-order chi connectivity index (χ1) is 13.9. The van der Waals surface area contributed by atoms with Crippen LogP contribution < -0.4 is 9.47 Å². The highest BCUT2D eigenvalue weighted by atomic mass is 16.5. The Morgan fingerprint density at radius 2 is 1.52 bits per heavy atom. The van der Waals surface area contributed by atoms with Gasteiger partial charge in [0.15, 0.2) is 5.54 Å².